The van der Waals surface area contributed by atoms with Crippen LogP contribution in [0, 0.1) is 0 Å². The van der Waals surface area contributed by atoms with Gasteiger partial charge in [-0.2, -0.15) is 0 Å². The van der Waals surface area contributed by atoms with Crippen LogP contribution in [0.1, 0.15) is 53.4 Å². The first kappa shape index (κ1) is 15.4. The highest BCUT2D eigenvalue weighted by atomic mass is 16.5. The van der Waals surface area contributed by atoms with Crippen molar-refractivity contribution in [2.45, 2.75) is 50.1 Å². The van der Waals surface area contributed by atoms with Gasteiger partial charge in [-0.3, -0.25) is 4.79 Å². The fourth-order valence-electron chi connectivity index (χ4n) is 3.41. The summed E-state index contributed by atoms with van der Waals surface area (Å²) in [6, 6.07) is 12.9. The normalized spacial score (nSPS) is 23.8. The SMILES string of the molecule is O=C(N[C@@H]1CCN[C@H](Cc2ccccc2)C1)c1cc(C2CC2)on1. The Morgan fingerprint density at radius 2 is 2.08 bits per heavy atom. The van der Waals surface area contributed by atoms with Crippen LogP contribution < -0.4 is 10.6 Å². The third-order valence-electron chi connectivity index (χ3n) is 4.90. The first-order valence-electron chi connectivity index (χ1n) is 8.83. The summed E-state index contributed by atoms with van der Waals surface area (Å²) in [5.74, 6) is 1.22. The number of aromatic nitrogens is 1. The number of hydrogen-bond acceptors (Lipinski definition) is 4. The minimum atomic E-state index is -0.115. The number of nitrogens with zero attached hydrogens (tertiary/aromatic N) is 1. The van der Waals surface area contributed by atoms with Gasteiger partial charge in [-0.25, -0.2) is 0 Å². The monoisotopic (exact) mass is 325 g/mol. The number of carbonyl (C=O) groups is 1. The summed E-state index contributed by atoms with van der Waals surface area (Å²) in [6.45, 7) is 0.925. The summed E-state index contributed by atoms with van der Waals surface area (Å²) in [7, 11) is 0. The number of piperidine rings is 1. The fourth-order valence-corrected chi connectivity index (χ4v) is 3.41. The van der Waals surface area contributed by atoms with E-state index < -0.39 is 0 Å². The van der Waals surface area contributed by atoms with Crippen LogP contribution in [-0.2, 0) is 6.42 Å². The van der Waals surface area contributed by atoms with E-state index in [2.05, 4.69) is 40.1 Å². The molecule has 0 radical (unpaired) electrons. The Hall–Kier alpha value is -2.14. The van der Waals surface area contributed by atoms with Crippen molar-refractivity contribution in [3.63, 3.8) is 0 Å². The maximum Gasteiger partial charge on any atom is 0.273 e. The number of carbonyl (C=O) groups excluding carboxylic acids is 1. The molecule has 1 amide bonds. The van der Waals surface area contributed by atoms with E-state index >= 15 is 0 Å². The molecule has 2 heterocycles. The maximum absolute atomic E-state index is 12.4. The molecule has 24 heavy (non-hydrogen) atoms. The van der Waals surface area contributed by atoms with Crippen molar-refractivity contribution < 1.29 is 9.32 Å². The molecule has 2 N–H and O–H groups in total. The molecule has 1 saturated heterocycles. The maximum atomic E-state index is 12.4. The summed E-state index contributed by atoms with van der Waals surface area (Å²) < 4.78 is 5.28. The number of hydrogen-bond donors (Lipinski definition) is 2. The Morgan fingerprint density at radius 3 is 2.88 bits per heavy atom. The van der Waals surface area contributed by atoms with Gasteiger partial charge in [0, 0.05) is 24.1 Å². The van der Waals surface area contributed by atoms with E-state index in [1.807, 2.05) is 6.07 Å². The first-order valence-corrected chi connectivity index (χ1v) is 8.83. The van der Waals surface area contributed by atoms with E-state index in [1.165, 1.54) is 5.56 Å². The Labute approximate surface area is 141 Å². The Kier molecular flexibility index (Phi) is 4.34. The van der Waals surface area contributed by atoms with E-state index in [1.54, 1.807) is 6.07 Å². The van der Waals surface area contributed by atoms with Gasteiger partial charge in [-0.1, -0.05) is 35.5 Å². The zero-order valence-electron chi connectivity index (χ0n) is 13.7. The molecule has 1 saturated carbocycles. The predicted molar refractivity (Wildman–Crippen MR) is 90.9 cm³/mol. The molecule has 2 aromatic rings. The minimum Gasteiger partial charge on any atom is -0.360 e. The fraction of sp³-hybridized carbons (Fsp3) is 0.474. The van der Waals surface area contributed by atoms with Crippen LogP contribution in [0.4, 0.5) is 0 Å². The largest absolute Gasteiger partial charge is 0.360 e. The van der Waals surface area contributed by atoms with E-state index in [4.69, 9.17) is 4.52 Å². The van der Waals surface area contributed by atoms with E-state index in [-0.39, 0.29) is 11.9 Å². The quantitative estimate of drug-likeness (QED) is 0.887. The average Bonchev–Trinajstić information content (AvgIpc) is 3.33. The molecule has 4 rings (SSSR count). The molecule has 0 bridgehead atoms. The van der Waals surface area contributed by atoms with Gasteiger partial charge < -0.3 is 15.2 Å². The highest BCUT2D eigenvalue weighted by molar-refractivity contribution is 5.92. The molecule has 2 fully saturated rings. The molecule has 1 aromatic carbocycles. The molecule has 0 unspecified atom stereocenters. The molecule has 5 heteroatoms. The van der Waals surface area contributed by atoms with Crippen molar-refractivity contribution in [1.82, 2.24) is 15.8 Å². The Balaban J connectivity index is 1.32. The van der Waals surface area contributed by atoms with Crippen LogP contribution in [0.25, 0.3) is 0 Å². The second kappa shape index (κ2) is 6.77. The van der Waals surface area contributed by atoms with Gasteiger partial charge in [0.1, 0.15) is 5.76 Å². The number of rotatable bonds is 5. The summed E-state index contributed by atoms with van der Waals surface area (Å²) in [5, 5.41) is 10.6. The van der Waals surface area contributed by atoms with Gasteiger partial charge in [-0.15, -0.1) is 0 Å². The van der Waals surface area contributed by atoms with Gasteiger partial charge in [0.2, 0.25) is 0 Å². The van der Waals surface area contributed by atoms with Crippen molar-refractivity contribution in [2.75, 3.05) is 6.54 Å². The van der Waals surface area contributed by atoms with Crippen molar-refractivity contribution in [3.8, 4) is 0 Å². The topological polar surface area (TPSA) is 67.2 Å². The van der Waals surface area contributed by atoms with Gasteiger partial charge in [0.05, 0.1) is 0 Å². The zero-order valence-corrected chi connectivity index (χ0v) is 13.7. The van der Waals surface area contributed by atoms with E-state index in [9.17, 15) is 4.79 Å². The lowest BCUT2D eigenvalue weighted by atomic mass is 9.94. The van der Waals surface area contributed by atoms with Crippen LogP contribution in [0.5, 0.6) is 0 Å². The van der Waals surface area contributed by atoms with Crippen LogP contribution >= 0.6 is 0 Å². The average molecular weight is 325 g/mol. The Bertz CT molecular complexity index is 694. The van der Waals surface area contributed by atoms with Crippen molar-refractivity contribution >= 4 is 5.91 Å². The molecule has 126 valence electrons. The van der Waals surface area contributed by atoms with E-state index in [0.29, 0.717) is 17.7 Å². The number of benzene rings is 1. The third kappa shape index (κ3) is 3.67. The van der Waals surface area contributed by atoms with Crippen LogP contribution in [0.2, 0.25) is 0 Å². The standard InChI is InChI=1S/C19H23N3O2/c23-19(17-12-18(24-22-17)14-6-7-14)21-15-8-9-20-16(11-15)10-13-4-2-1-3-5-13/h1-5,12,14-16,20H,6-11H2,(H,21,23)/t15-,16-/m1/s1. The number of nitrogens with one attached hydrogen (secondary N) is 2. The smallest absolute Gasteiger partial charge is 0.273 e. The molecule has 1 aliphatic heterocycles. The van der Waals surface area contributed by atoms with E-state index in [0.717, 1.165) is 44.4 Å². The zero-order chi connectivity index (χ0) is 16.4. The van der Waals surface area contributed by atoms with Crippen LogP contribution in [-0.4, -0.2) is 29.7 Å². The predicted octanol–water partition coefficient (Wildman–Crippen LogP) is 2.65. The molecule has 1 aliphatic carbocycles. The lowest BCUT2D eigenvalue weighted by molar-refractivity contribution is 0.0915. The highest BCUT2D eigenvalue weighted by Gasteiger charge is 2.30. The van der Waals surface area contributed by atoms with Gasteiger partial charge >= 0.3 is 0 Å². The Morgan fingerprint density at radius 1 is 1.25 bits per heavy atom. The van der Waals surface area contributed by atoms with Crippen molar-refractivity contribution in [3.05, 3.63) is 53.4 Å². The summed E-state index contributed by atoms with van der Waals surface area (Å²) >= 11 is 0. The molecular formula is C19H23N3O2. The number of amides is 1. The van der Waals surface area contributed by atoms with Gasteiger partial charge in [-0.05, 0) is 44.2 Å². The van der Waals surface area contributed by atoms with Crippen molar-refractivity contribution in [1.29, 1.82) is 0 Å². The molecule has 2 aliphatic rings. The third-order valence-corrected chi connectivity index (χ3v) is 4.90. The highest BCUT2D eigenvalue weighted by Crippen LogP contribution is 2.40. The first-order chi connectivity index (χ1) is 11.8. The summed E-state index contributed by atoms with van der Waals surface area (Å²) in [4.78, 5) is 12.4. The van der Waals surface area contributed by atoms with Crippen LogP contribution in [0.15, 0.2) is 40.9 Å². The van der Waals surface area contributed by atoms with Gasteiger partial charge in [0.25, 0.3) is 5.91 Å². The second-order valence-electron chi connectivity index (χ2n) is 6.92. The molecular weight excluding hydrogens is 302 g/mol. The molecule has 2 atom stereocenters. The molecule has 5 nitrogen and oxygen atoms in total. The lowest BCUT2D eigenvalue weighted by Crippen LogP contribution is -2.48. The summed E-state index contributed by atoms with van der Waals surface area (Å²) in [6.07, 6.45) is 5.17. The molecule has 0 spiro atoms. The van der Waals surface area contributed by atoms with Gasteiger partial charge in [0.15, 0.2) is 5.69 Å². The van der Waals surface area contributed by atoms with Crippen molar-refractivity contribution in [2.24, 2.45) is 0 Å². The second-order valence-corrected chi connectivity index (χ2v) is 6.92. The van der Waals surface area contributed by atoms with Crippen LogP contribution in [0.3, 0.4) is 0 Å². The summed E-state index contributed by atoms with van der Waals surface area (Å²) in [5.41, 5.74) is 1.74. The molecule has 1 aromatic heterocycles. The minimum absolute atomic E-state index is 0.115. The lowest BCUT2D eigenvalue weighted by Gasteiger charge is -2.30.